The summed E-state index contributed by atoms with van der Waals surface area (Å²) in [6.07, 6.45) is 2.46. The Labute approximate surface area is 124 Å². The second kappa shape index (κ2) is 6.84. The molecule has 0 bridgehead atoms. The summed E-state index contributed by atoms with van der Waals surface area (Å²) in [6, 6.07) is 9.34. The lowest BCUT2D eigenvalue weighted by molar-refractivity contribution is 0.109. The zero-order chi connectivity index (χ0) is 13.8. The predicted octanol–water partition coefficient (Wildman–Crippen LogP) is 2.47. The molecule has 0 amide bonds. The molecule has 2 rings (SSSR count). The summed E-state index contributed by atoms with van der Waals surface area (Å²) in [5, 5.41) is 0. The maximum absolute atomic E-state index is 6.04. The Morgan fingerprint density at radius 2 is 2.00 bits per heavy atom. The molecule has 1 saturated heterocycles. The Bertz CT molecular complexity index is 402. The van der Waals surface area contributed by atoms with Gasteiger partial charge in [-0.3, -0.25) is 4.90 Å². The van der Waals surface area contributed by atoms with Crippen molar-refractivity contribution in [3.63, 3.8) is 0 Å². The van der Waals surface area contributed by atoms with E-state index < -0.39 is 0 Å². The molecule has 1 aromatic carbocycles. The van der Waals surface area contributed by atoms with Crippen LogP contribution < -0.4 is 5.73 Å². The molecular formula is C15H24BrN3. The number of nitrogens with zero attached hydrogens (tertiary/aromatic N) is 2. The van der Waals surface area contributed by atoms with Crippen LogP contribution in [0.2, 0.25) is 0 Å². The van der Waals surface area contributed by atoms with E-state index in [1.54, 1.807) is 0 Å². The van der Waals surface area contributed by atoms with E-state index in [4.69, 9.17) is 5.73 Å². The third-order valence-corrected chi connectivity index (χ3v) is 4.97. The summed E-state index contributed by atoms with van der Waals surface area (Å²) >= 11 is 3.65. The fourth-order valence-corrected chi connectivity index (χ4v) is 3.46. The van der Waals surface area contributed by atoms with Crippen LogP contribution >= 0.6 is 15.9 Å². The second-order valence-corrected chi connectivity index (χ2v) is 6.33. The summed E-state index contributed by atoms with van der Waals surface area (Å²) in [4.78, 5) is 4.87. The lowest BCUT2D eigenvalue weighted by atomic mass is 9.99. The van der Waals surface area contributed by atoms with Crippen LogP contribution in [0.1, 0.15) is 24.4 Å². The van der Waals surface area contributed by atoms with E-state index in [0.717, 1.165) is 4.47 Å². The minimum atomic E-state index is 0.295. The van der Waals surface area contributed by atoms with Crippen LogP contribution in [0.4, 0.5) is 0 Å². The number of hydrogen-bond acceptors (Lipinski definition) is 3. The van der Waals surface area contributed by atoms with E-state index in [1.807, 2.05) is 0 Å². The van der Waals surface area contributed by atoms with Crippen molar-refractivity contribution in [1.82, 2.24) is 9.80 Å². The molecule has 4 heteroatoms. The third kappa shape index (κ3) is 3.57. The van der Waals surface area contributed by atoms with Gasteiger partial charge in [-0.05, 0) is 51.7 Å². The largest absolute Gasteiger partial charge is 0.329 e. The number of rotatable bonds is 4. The molecular weight excluding hydrogens is 302 g/mol. The molecule has 2 N–H and O–H groups in total. The maximum atomic E-state index is 6.04. The Morgan fingerprint density at radius 1 is 1.37 bits per heavy atom. The van der Waals surface area contributed by atoms with Gasteiger partial charge in [0.25, 0.3) is 0 Å². The molecule has 3 nitrogen and oxygen atoms in total. The molecule has 106 valence electrons. The average molecular weight is 326 g/mol. The molecule has 1 unspecified atom stereocenters. The predicted molar refractivity (Wildman–Crippen MR) is 84.2 cm³/mol. The van der Waals surface area contributed by atoms with E-state index >= 15 is 0 Å². The highest BCUT2D eigenvalue weighted by Gasteiger charge is 2.26. The van der Waals surface area contributed by atoms with Crippen LogP contribution in [0.15, 0.2) is 28.7 Å². The summed E-state index contributed by atoms with van der Waals surface area (Å²) in [5.41, 5.74) is 7.33. The second-order valence-electron chi connectivity index (χ2n) is 5.47. The van der Waals surface area contributed by atoms with Crippen molar-refractivity contribution in [2.24, 2.45) is 5.73 Å². The molecule has 0 saturated carbocycles. The van der Waals surface area contributed by atoms with Crippen molar-refractivity contribution < 1.29 is 0 Å². The first-order valence-corrected chi connectivity index (χ1v) is 7.77. The number of halogens is 1. The van der Waals surface area contributed by atoms with Crippen molar-refractivity contribution in [1.29, 1.82) is 0 Å². The first-order valence-electron chi connectivity index (χ1n) is 6.98. The smallest absolute Gasteiger partial charge is 0.0481 e. The number of likely N-dealkylation sites (tertiary alicyclic amines) is 1. The van der Waals surface area contributed by atoms with Crippen LogP contribution in [0.5, 0.6) is 0 Å². The van der Waals surface area contributed by atoms with E-state index in [1.165, 1.54) is 31.5 Å². The summed E-state index contributed by atoms with van der Waals surface area (Å²) in [6.45, 7) is 3.02. The highest BCUT2D eigenvalue weighted by molar-refractivity contribution is 9.10. The zero-order valence-corrected chi connectivity index (χ0v) is 13.4. The first kappa shape index (κ1) is 15.0. The molecule has 1 aromatic rings. The quantitative estimate of drug-likeness (QED) is 0.923. The molecule has 1 aliphatic rings. The Balaban J connectivity index is 2.11. The zero-order valence-electron chi connectivity index (χ0n) is 11.8. The minimum Gasteiger partial charge on any atom is -0.329 e. The molecule has 19 heavy (non-hydrogen) atoms. The monoisotopic (exact) mass is 325 g/mol. The minimum absolute atomic E-state index is 0.295. The molecule has 1 heterocycles. The van der Waals surface area contributed by atoms with Gasteiger partial charge in [-0.25, -0.2) is 0 Å². The molecule has 1 fully saturated rings. The van der Waals surface area contributed by atoms with Crippen LogP contribution in [0.3, 0.4) is 0 Å². The first-order chi connectivity index (χ1) is 9.13. The van der Waals surface area contributed by atoms with E-state index in [-0.39, 0.29) is 0 Å². The lowest BCUT2D eigenvalue weighted by Gasteiger charge is -2.39. The normalized spacial score (nSPS) is 19.8. The van der Waals surface area contributed by atoms with Crippen LogP contribution in [0.25, 0.3) is 0 Å². The number of benzene rings is 1. The molecule has 1 aliphatic heterocycles. The number of likely N-dealkylation sites (N-methyl/N-ethyl adjacent to an activating group) is 1. The topological polar surface area (TPSA) is 32.5 Å². The van der Waals surface area contributed by atoms with Gasteiger partial charge in [0, 0.05) is 23.1 Å². The highest BCUT2D eigenvalue weighted by atomic mass is 79.9. The molecule has 0 spiro atoms. The van der Waals surface area contributed by atoms with Crippen molar-refractivity contribution in [2.45, 2.75) is 24.9 Å². The van der Waals surface area contributed by atoms with Crippen molar-refractivity contribution >= 4 is 15.9 Å². The van der Waals surface area contributed by atoms with Crippen molar-refractivity contribution in [3.05, 3.63) is 34.3 Å². The van der Waals surface area contributed by atoms with Gasteiger partial charge in [0.2, 0.25) is 0 Å². The third-order valence-electron chi connectivity index (χ3n) is 4.24. The van der Waals surface area contributed by atoms with Crippen LogP contribution in [-0.2, 0) is 0 Å². The van der Waals surface area contributed by atoms with Gasteiger partial charge in [0.15, 0.2) is 0 Å². The average Bonchev–Trinajstić information content (AvgIpc) is 2.42. The Kier molecular flexibility index (Phi) is 5.39. The Hall–Kier alpha value is -0.420. The van der Waals surface area contributed by atoms with Crippen LogP contribution in [-0.4, -0.2) is 49.6 Å². The van der Waals surface area contributed by atoms with Gasteiger partial charge >= 0.3 is 0 Å². The standard InChI is InChI=1S/C15H24BrN3/c1-18-9-7-12(8-10-18)19(2)15(11-17)13-5-3-4-6-14(13)16/h3-6,12,15H,7-11,17H2,1-2H3. The number of piperidine rings is 1. The van der Waals surface area contributed by atoms with Gasteiger partial charge in [0.05, 0.1) is 0 Å². The molecule has 1 atom stereocenters. The van der Waals surface area contributed by atoms with E-state index in [2.05, 4.69) is 64.1 Å². The number of hydrogen-bond donors (Lipinski definition) is 1. The summed E-state index contributed by atoms with van der Waals surface area (Å²) in [7, 11) is 4.41. The van der Waals surface area contributed by atoms with Gasteiger partial charge < -0.3 is 10.6 Å². The molecule has 0 radical (unpaired) electrons. The SMILES string of the molecule is CN1CCC(N(C)C(CN)c2ccccc2Br)CC1. The lowest BCUT2D eigenvalue weighted by Crippen LogP contribution is -2.45. The fraction of sp³-hybridized carbons (Fsp3) is 0.600. The van der Waals surface area contributed by atoms with Gasteiger partial charge in [-0.1, -0.05) is 34.1 Å². The number of nitrogens with two attached hydrogens (primary N) is 1. The van der Waals surface area contributed by atoms with Gasteiger partial charge in [0.1, 0.15) is 0 Å². The highest BCUT2D eigenvalue weighted by Crippen LogP contribution is 2.29. The van der Waals surface area contributed by atoms with Crippen molar-refractivity contribution in [2.75, 3.05) is 33.7 Å². The van der Waals surface area contributed by atoms with Gasteiger partial charge in [-0.15, -0.1) is 0 Å². The summed E-state index contributed by atoms with van der Waals surface area (Å²) < 4.78 is 1.16. The molecule has 0 aliphatic carbocycles. The summed E-state index contributed by atoms with van der Waals surface area (Å²) in [5.74, 6) is 0. The fourth-order valence-electron chi connectivity index (χ4n) is 2.91. The van der Waals surface area contributed by atoms with Gasteiger partial charge in [-0.2, -0.15) is 0 Å². The molecule has 0 aromatic heterocycles. The maximum Gasteiger partial charge on any atom is 0.0481 e. The van der Waals surface area contributed by atoms with Crippen molar-refractivity contribution in [3.8, 4) is 0 Å². The van der Waals surface area contributed by atoms with E-state index in [0.29, 0.717) is 18.6 Å². The Morgan fingerprint density at radius 3 is 2.58 bits per heavy atom. The van der Waals surface area contributed by atoms with E-state index in [9.17, 15) is 0 Å². The van der Waals surface area contributed by atoms with Crippen LogP contribution in [0, 0.1) is 0 Å².